The van der Waals surface area contributed by atoms with Gasteiger partial charge in [-0.1, -0.05) is 24.3 Å². The van der Waals surface area contributed by atoms with E-state index in [1.165, 1.54) is 17.7 Å². The van der Waals surface area contributed by atoms with Crippen LogP contribution >= 0.6 is 0 Å². The SMILES string of the molecule is Cc1ccccc1-n1cc(CN(C)Cc2ccc3n(c2=O)C[C@@H]2CNC[C@H]3C2)cn1. The fourth-order valence-electron chi connectivity index (χ4n) is 5.01. The highest BCUT2D eigenvalue weighted by Gasteiger charge is 2.31. The molecule has 1 aromatic carbocycles. The average Bonchev–Trinajstić information content (AvgIpc) is 3.19. The third-order valence-corrected chi connectivity index (χ3v) is 6.48. The Balaban J connectivity index is 1.31. The van der Waals surface area contributed by atoms with Crippen molar-refractivity contribution in [2.75, 3.05) is 20.1 Å². The minimum absolute atomic E-state index is 0.187. The van der Waals surface area contributed by atoms with Crippen molar-refractivity contribution in [2.24, 2.45) is 5.92 Å². The summed E-state index contributed by atoms with van der Waals surface area (Å²) >= 11 is 0. The van der Waals surface area contributed by atoms with Crippen LogP contribution in [0.25, 0.3) is 5.69 Å². The summed E-state index contributed by atoms with van der Waals surface area (Å²) in [6.07, 6.45) is 5.19. The number of pyridine rings is 1. The Bertz CT molecular complexity index is 1110. The van der Waals surface area contributed by atoms with Gasteiger partial charge in [0.15, 0.2) is 0 Å². The zero-order valence-corrected chi connectivity index (χ0v) is 17.7. The van der Waals surface area contributed by atoms with Crippen molar-refractivity contribution in [3.8, 4) is 5.69 Å². The van der Waals surface area contributed by atoms with E-state index in [0.717, 1.165) is 43.0 Å². The molecule has 6 nitrogen and oxygen atoms in total. The van der Waals surface area contributed by atoms with Gasteiger partial charge in [0.1, 0.15) is 0 Å². The fraction of sp³-hybridized carbons (Fsp3) is 0.417. The monoisotopic (exact) mass is 403 g/mol. The highest BCUT2D eigenvalue weighted by Crippen LogP contribution is 2.31. The van der Waals surface area contributed by atoms with Crippen molar-refractivity contribution >= 4 is 0 Å². The average molecular weight is 404 g/mol. The second-order valence-corrected chi connectivity index (χ2v) is 8.91. The van der Waals surface area contributed by atoms with Gasteiger partial charge in [0.05, 0.1) is 11.9 Å². The number of piperidine rings is 1. The van der Waals surface area contributed by atoms with Gasteiger partial charge in [-0.25, -0.2) is 4.68 Å². The van der Waals surface area contributed by atoms with Gasteiger partial charge in [-0.15, -0.1) is 0 Å². The first-order valence-electron chi connectivity index (χ1n) is 10.8. The third-order valence-electron chi connectivity index (χ3n) is 6.48. The largest absolute Gasteiger partial charge is 0.316 e. The number of benzene rings is 1. The summed E-state index contributed by atoms with van der Waals surface area (Å²) in [7, 11) is 2.06. The van der Waals surface area contributed by atoms with E-state index in [1.807, 2.05) is 33.6 Å². The van der Waals surface area contributed by atoms with Crippen molar-refractivity contribution < 1.29 is 0 Å². The lowest BCUT2D eigenvalue weighted by Gasteiger charge is -2.37. The Morgan fingerprint density at radius 1 is 1.17 bits per heavy atom. The van der Waals surface area contributed by atoms with E-state index in [2.05, 4.69) is 53.7 Å². The molecule has 2 atom stereocenters. The zero-order valence-electron chi connectivity index (χ0n) is 17.7. The van der Waals surface area contributed by atoms with E-state index in [-0.39, 0.29) is 5.56 Å². The van der Waals surface area contributed by atoms with Gasteiger partial charge < -0.3 is 9.88 Å². The van der Waals surface area contributed by atoms with Crippen LogP contribution in [0, 0.1) is 12.8 Å². The molecule has 1 saturated heterocycles. The van der Waals surface area contributed by atoms with E-state index in [9.17, 15) is 4.79 Å². The molecule has 0 unspecified atom stereocenters. The van der Waals surface area contributed by atoms with Crippen LogP contribution in [0.4, 0.5) is 0 Å². The van der Waals surface area contributed by atoms with Crippen LogP contribution in [0.2, 0.25) is 0 Å². The van der Waals surface area contributed by atoms with E-state index >= 15 is 0 Å². The van der Waals surface area contributed by atoms with Gasteiger partial charge in [0.25, 0.3) is 5.56 Å². The first-order chi connectivity index (χ1) is 14.6. The third kappa shape index (κ3) is 3.61. The molecule has 1 fully saturated rings. The first kappa shape index (κ1) is 19.3. The van der Waals surface area contributed by atoms with Gasteiger partial charge in [-0.05, 0) is 50.6 Å². The van der Waals surface area contributed by atoms with Crippen LogP contribution in [-0.2, 0) is 19.6 Å². The Kier molecular flexibility index (Phi) is 5.05. The van der Waals surface area contributed by atoms with Crippen LogP contribution < -0.4 is 10.9 Å². The van der Waals surface area contributed by atoms with Crippen LogP contribution in [-0.4, -0.2) is 39.4 Å². The molecule has 4 heterocycles. The smallest absolute Gasteiger partial charge is 0.255 e. The van der Waals surface area contributed by atoms with Crippen molar-refractivity contribution in [3.63, 3.8) is 0 Å². The standard InChI is InChI=1S/C24H29N5O/c1-17-5-3-4-6-22(17)29-15-19(11-26-29)13-27(2)16-20-7-8-23-21-9-18(10-25-12-21)14-28(23)24(20)30/h3-8,11,15,18,21,25H,9-10,12-14,16H2,1-2H3/t18-,21+/m0/s1. The Labute approximate surface area is 177 Å². The molecule has 0 aliphatic carbocycles. The van der Waals surface area contributed by atoms with Crippen molar-refractivity contribution in [3.05, 3.63) is 81.5 Å². The molecular weight excluding hydrogens is 374 g/mol. The van der Waals surface area contributed by atoms with Gasteiger partial charge in [-0.3, -0.25) is 9.69 Å². The Morgan fingerprint density at radius 3 is 2.90 bits per heavy atom. The summed E-state index contributed by atoms with van der Waals surface area (Å²) in [5.74, 6) is 1.05. The topological polar surface area (TPSA) is 55.1 Å². The summed E-state index contributed by atoms with van der Waals surface area (Å²) in [6, 6.07) is 12.5. The molecule has 5 rings (SSSR count). The lowest BCUT2D eigenvalue weighted by Crippen LogP contribution is -2.45. The van der Waals surface area contributed by atoms with E-state index < -0.39 is 0 Å². The van der Waals surface area contributed by atoms with Crippen LogP contribution in [0.15, 0.2) is 53.6 Å². The summed E-state index contributed by atoms with van der Waals surface area (Å²) in [4.78, 5) is 15.3. The number of nitrogens with one attached hydrogen (secondary N) is 1. The normalized spacial score (nSPS) is 20.4. The molecule has 0 spiro atoms. The maximum atomic E-state index is 13.2. The minimum Gasteiger partial charge on any atom is -0.316 e. The molecule has 2 aliphatic rings. The lowest BCUT2D eigenvalue weighted by molar-refractivity contribution is 0.254. The predicted molar refractivity (Wildman–Crippen MR) is 118 cm³/mol. The highest BCUT2D eigenvalue weighted by molar-refractivity contribution is 5.39. The van der Waals surface area contributed by atoms with Crippen LogP contribution in [0.1, 0.15) is 34.7 Å². The van der Waals surface area contributed by atoms with Gasteiger partial charge in [-0.2, -0.15) is 5.10 Å². The maximum Gasteiger partial charge on any atom is 0.255 e. The maximum absolute atomic E-state index is 13.2. The van der Waals surface area contributed by atoms with Crippen molar-refractivity contribution in [1.29, 1.82) is 0 Å². The van der Waals surface area contributed by atoms with E-state index in [1.54, 1.807) is 0 Å². The number of rotatable bonds is 5. The lowest BCUT2D eigenvalue weighted by atomic mass is 9.84. The Hall–Kier alpha value is -2.70. The molecular formula is C24H29N5O. The molecule has 2 aliphatic heterocycles. The van der Waals surface area contributed by atoms with Crippen LogP contribution in [0.3, 0.4) is 0 Å². The second-order valence-electron chi connectivity index (χ2n) is 8.91. The second kappa shape index (κ2) is 7.85. The molecule has 30 heavy (non-hydrogen) atoms. The summed E-state index contributed by atoms with van der Waals surface area (Å²) in [5, 5.41) is 8.04. The molecule has 0 saturated carbocycles. The quantitative estimate of drug-likeness (QED) is 0.712. The highest BCUT2D eigenvalue weighted by atomic mass is 16.1. The van der Waals surface area contributed by atoms with Gasteiger partial charge in [0, 0.05) is 55.1 Å². The predicted octanol–water partition coefficient (Wildman–Crippen LogP) is 2.68. The molecule has 156 valence electrons. The Morgan fingerprint density at radius 2 is 2.03 bits per heavy atom. The molecule has 2 aromatic heterocycles. The van der Waals surface area contributed by atoms with Crippen LogP contribution in [0.5, 0.6) is 0 Å². The molecule has 2 bridgehead atoms. The molecule has 0 radical (unpaired) electrons. The molecule has 6 heteroatoms. The molecule has 1 N–H and O–H groups in total. The molecule has 3 aromatic rings. The van der Waals surface area contributed by atoms with Crippen molar-refractivity contribution in [1.82, 2.24) is 24.6 Å². The number of aromatic nitrogens is 3. The number of para-hydroxylation sites is 1. The number of aryl methyl sites for hydroxylation is 1. The number of fused-ring (bicyclic) bond motifs is 4. The van der Waals surface area contributed by atoms with Crippen molar-refractivity contribution in [2.45, 2.75) is 38.9 Å². The number of hydrogen-bond donors (Lipinski definition) is 1. The molecule has 0 amide bonds. The van der Waals surface area contributed by atoms with E-state index in [4.69, 9.17) is 0 Å². The zero-order chi connectivity index (χ0) is 20.7. The first-order valence-corrected chi connectivity index (χ1v) is 10.8. The fourth-order valence-corrected chi connectivity index (χ4v) is 5.01. The summed E-state index contributed by atoms with van der Waals surface area (Å²) < 4.78 is 3.97. The number of nitrogens with zero attached hydrogens (tertiary/aromatic N) is 4. The summed E-state index contributed by atoms with van der Waals surface area (Å²) in [5.41, 5.74) is 5.70. The van der Waals surface area contributed by atoms with E-state index in [0.29, 0.717) is 18.4 Å². The summed E-state index contributed by atoms with van der Waals surface area (Å²) in [6.45, 7) is 6.34. The minimum atomic E-state index is 0.187. The van der Waals surface area contributed by atoms with Gasteiger partial charge >= 0.3 is 0 Å². The number of hydrogen-bond acceptors (Lipinski definition) is 4. The van der Waals surface area contributed by atoms with Gasteiger partial charge in [0.2, 0.25) is 0 Å².